The zero-order valence-electron chi connectivity index (χ0n) is 17.2. The summed E-state index contributed by atoms with van der Waals surface area (Å²) in [5.41, 5.74) is 2.38. The molecule has 8 heteroatoms. The molecule has 3 aromatic rings. The lowest BCUT2D eigenvalue weighted by Gasteiger charge is -2.34. The lowest BCUT2D eigenvalue weighted by molar-refractivity contribution is 0.0154. The van der Waals surface area contributed by atoms with Crippen LogP contribution in [0.1, 0.15) is 46.7 Å². The lowest BCUT2D eigenvalue weighted by atomic mass is 10.1. The Labute approximate surface area is 180 Å². The second-order valence-electron chi connectivity index (χ2n) is 7.94. The Hall–Kier alpha value is -3.10. The summed E-state index contributed by atoms with van der Waals surface area (Å²) in [4.78, 5) is 24.1. The van der Waals surface area contributed by atoms with Crippen LogP contribution in [0.5, 0.6) is 0 Å². The second kappa shape index (κ2) is 8.95. The van der Waals surface area contributed by atoms with E-state index in [1.807, 2.05) is 30.3 Å². The number of rotatable bonds is 7. The molecule has 0 bridgehead atoms. The summed E-state index contributed by atoms with van der Waals surface area (Å²) < 4.78 is 10.8. The first-order valence-corrected chi connectivity index (χ1v) is 10.7. The largest absolute Gasteiger partial charge is 0.379 e. The Morgan fingerprint density at radius 1 is 1.13 bits per heavy atom. The number of pyridine rings is 1. The van der Waals surface area contributed by atoms with Gasteiger partial charge in [-0.2, -0.15) is 4.98 Å². The number of morpholine rings is 1. The minimum atomic E-state index is -0.118. The third kappa shape index (κ3) is 4.65. The van der Waals surface area contributed by atoms with Gasteiger partial charge in [0.25, 0.3) is 5.91 Å². The minimum Gasteiger partial charge on any atom is -0.379 e. The molecule has 3 heterocycles. The fraction of sp³-hybridized carbons (Fsp3) is 0.391. The molecular weight excluding hydrogens is 394 g/mol. The summed E-state index contributed by atoms with van der Waals surface area (Å²) in [6.07, 6.45) is 4.02. The Bertz CT molecular complexity index is 1010. The maximum Gasteiger partial charge on any atom is 0.251 e. The Kier molecular flexibility index (Phi) is 5.73. The van der Waals surface area contributed by atoms with Gasteiger partial charge in [-0.25, -0.2) is 0 Å². The molecule has 2 aromatic heterocycles. The van der Waals surface area contributed by atoms with E-state index in [2.05, 4.69) is 25.3 Å². The van der Waals surface area contributed by atoms with Gasteiger partial charge in [0, 0.05) is 42.9 Å². The fourth-order valence-corrected chi connectivity index (χ4v) is 3.79. The molecule has 2 aliphatic rings. The number of hydrogen-bond acceptors (Lipinski definition) is 7. The van der Waals surface area contributed by atoms with E-state index in [-0.39, 0.29) is 11.9 Å². The van der Waals surface area contributed by atoms with Crippen LogP contribution < -0.4 is 5.32 Å². The molecule has 2 fully saturated rings. The molecule has 5 rings (SSSR count). The summed E-state index contributed by atoms with van der Waals surface area (Å²) >= 11 is 0. The van der Waals surface area contributed by atoms with Crippen molar-refractivity contribution in [2.75, 3.05) is 32.8 Å². The molecule has 1 aromatic carbocycles. The van der Waals surface area contributed by atoms with E-state index in [9.17, 15) is 4.79 Å². The number of nitrogens with zero attached hydrogens (tertiary/aromatic N) is 4. The van der Waals surface area contributed by atoms with Gasteiger partial charge in [-0.05, 0) is 37.1 Å². The smallest absolute Gasteiger partial charge is 0.251 e. The van der Waals surface area contributed by atoms with Gasteiger partial charge in [0.1, 0.15) is 0 Å². The fourth-order valence-electron chi connectivity index (χ4n) is 3.79. The van der Waals surface area contributed by atoms with Crippen molar-refractivity contribution in [1.29, 1.82) is 0 Å². The van der Waals surface area contributed by atoms with Gasteiger partial charge in [0.2, 0.25) is 11.7 Å². The molecular formula is C23H25N5O3. The van der Waals surface area contributed by atoms with Crippen molar-refractivity contribution in [3.05, 3.63) is 65.8 Å². The molecule has 1 atom stereocenters. The van der Waals surface area contributed by atoms with Gasteiger partial charge < -0.3 is 14.6 Å². The highest BCUT2D eigenvalue weighted by molar-refractivity contribution is 5.94. The van der Waals surface area contributed by atoms with Crippen molar-refractivity contribution < 1.29 is 14.1 Å². The van der Waals surface area contributed by atoms with Crippen molar-refractivity contribution in [3.8, 4) is 11.4 Å². The van der Waals surface area contributed by atoms with Crippen molar-refractivity contribution in [2.45, 2.75) is 24.8 Å². The molecule has 1 saturated carbocycles. The van der Waals surface area contributed by atoms with Crippen LogP contribution in [0.3, 0.4) is 0 Å². The minimum absolute atomic E-state index is 0.00787. The van der Waals surface area contributed by atoms with Crippen LogP contribution in [-0.2, 0) is 4.74 Å². The van der Waals surface area contributed by atoms with E-state index in [4.69, 9.17) is 9.26 Å². The van der Waals surface area contributed by atoms with Crippen molar-refractivity contribution in [3.63, 3.8) is 0 Å². The molecule has 1 aliphatic heterocycles. The summed E-state index contributed by atoms with van der Waals surface area (Å²) in [5.74, 6) is 1.58. The highest BCUT2D eigenvalue weighted by atomic mass is 16.5. The molecule has 0 radical (unpaired) electrons. The molecule has 1 unspecified atom stereocenters. The van der Waals surface area contributed by atoms with Gasteiger partial charge >= 0.3 is 0 Å². The normalized spacial score (nSPS) is 17.9. The Morgan fingerprint density at radius 3 is 2.65 bits per heavy atom. The average molecular weight is 419 g/mol. The molecule has 1 amide bonds. The number of amides is 1. The first-order valence-electron chi connectivity index (χ1n) is 10.7. The van der Waals surface area contributed by atoms with Gasteiger partial charge in [0.15, 0.2) is 0 Å². The molecule has 160 valence electrons. The van der Waals surface area contributed by atoms with E-state index in [0.717, 1.165) is 37.2 Å². The summed E-state index contributed by atoms with van der Waals surface area (Å²) in [6.45, 7) is 3.50. The summed E-state index contributed by atoms with van der Waals surface area (Å²) in [5, 5.41) is 7.13. The predicted molar refractivity (Wildman–Crippen MR) is 113 cm³/mol. The van der Waals surface area contributed by atoms with E-state index < -0.39 is 0 Å². The van der Waals surface area contributed by atoms with Crippen LogP contribution in [0, 0.1) is 0 Å². The maximum absolute atomic E-state index is 12.8. The van der Waals surface area contributed by atoms with E-state index in [1.165, 1.54) is 0 Å². The van der Waals surface area contributed by atoms with E-state index in [0.29, 0.717) is 43.0 Å². The highest BCUT2D eigenvalue weighted by Crippen LogP contribution is 2.39. The van der Waals surface area contributed by atoms with Crippen LogP contribution in [0.25, 0.3) is 11.4 Å². The van der Waals surface area contributed by atoms with Crippen LogP contribution in [0.4, 0.5) is 0 Å². The van der Waals surface area contributed by atoms with Crippen LogP contribution in [-0.4, -0.2) is 58.8 Å². The van der Waals surface area contributed by atoms with Crippen LogP contribution >= 0.6 is 0 Å². The van der Waals surface area contributed by atoms with Gasteiger partial charge in [0.05, 0.1) is 24.9 Å². The number of benzene rings is 1. The summed E-state index contributed by atoms with van der Waals surface area (Å²) in [7, 11) is 0. The number of nitrogens with one attached hydrogen (secondary N) is 1. The van der Waals surface area contributed by atoms with E-state index >= 15 is 0 Å². The number of carbonyl (C=O) groups excluding carboxylic acids is 1. The molecule has 0 spiro atoms. The van der Waals surface area contributed by atoms with Gasteiger partial charge in [-0.3, -0.25) is 14.7 Å². The average Bonchev–Trinajstić information content (AvgIpc) is 3.57. The number of hydrogen-bond donors (Lipinski definition) is 1. The molecule has 1 saturated heterocycles. The number of ether oxygens (including phenoxy) is 1. The number of aromatic nitrogens is 3. The topological polar surface area (TPSA) is 93.4 Å². The third-order valence-corrected chi connectivity index (χ3v) is 5.75. The zero-order valence-corrected chi connectivity index (χ0v) is 17.2. The Morgan fingerprint density at radius 2 is 1.94 bits per heavy atom. The summed E-state index contributed by atoms with van der Waals surface area (Å²) in [6, 6.07) is 13.2. The van der Waals surface area contributed by atoms with Crippen molar-refractivity contribution >= 4 is 5.91 Å². The van der Waals surface area contributed by atoms with Crippen LogP contribution in [0.2, 0.25) is 0 Å². The van der Waals surface area contributed by atoms with Gasteiger partial charge in [-0.1, -0.05) is 23.4 Å². The lowest BCUT2D eigenvalue weighted by Crippen LogP contribution is -2.44. The molecule has 1 N–H and O–H groups in total. The van der Waals surface area contributed by atoms with Gasteiger partial charge in [-0.15, -0.1) is 0 Å². The predicted octanol–water partition coefficient (Wildman–Crippen LogP) is 2.81. The van der Waals surface area contributed by atoms with Crippen LogP contribution in [0.15, 0.2) is 53.2 Å². The molecule has 31 heavy (non-hydrogen) atoms. The molecule has 1 aliphatic carbocycles. The standard InChI is InChI=1S/C23H25N5O3/c29-22(17-6-4-16(5-7-17)21-26-23(31-27-21)18-8-9-18)25-15-20(19-3-1-2-10-24-19)28-11-13-30-14-12-28/h1-7,10,18,20H,8-9,11-15H2,(H,25,29). The third-order valence-electron chi connectivity index (χ3n) is 5.75. The first-order chi connectivity index (χ1) is 15.3. The molecule has 8 nitrogen and oxygen atoms in total. The number of carbonyl (C=O) groups is 1. The zero-order chi connectivity index (χ0) is 21.0. The first kappa shape index (κ1) is 19.8. The van der Waals surface area contributed by atoms with Crippen molar-refractivity contribution in [2.24, 2.45) is 0 Å². The van der Waals surface area contributed by atoms with E-state index in [1.54, 1.807) is 18.3 Å². The quantitative estimate of drug-likeness (QED) is 0.629. The second-order valence-corrected chi connectivity index (χ2v) is 7.94. The maximum atomic E-state index is 12.8. The highest BCUT2D eigenvalue weighted by Gasteiger charge is 2.30. The monoisotopic (exact) mass is 419 g/mol. The Balaban J connectivity index is 1.24. The SMILES string of the molecule is O=C(NCC(c1ccccn1)N1CCOCC1)c1ccc(-c2noc(C3CC3)n2)cc1. The van der Waals surface area contributed by atoms with Crippen molar-refractivity contribution in [1.82, 2.24) is 25.3 Å².